The van der Waals surface area contributed by atoms with Gasteiger partial charge < -0.3 is 9.76 Å². The molecule has 1 N–H and O–H groups in total. The molecule has 1 heterocycles. The van der Waals surface area contributed by atoms with Crippen LogP contribution in [-0.4, -0.2) is 28.8 Å². The molecule has 0 saturated heterocycles. The average Bonchev–Trinajstić information content (AvgIpc) is 2.66. The maximum atomic E-state index is 10.2. The van der Waals surface area contributed by atoms with E-state index in [-0.39, 0.29) is 0 Å². The lowest BCUT2D eigenvalue weighted by molar-refractivity contribution is -0.0893. The lowest BCUT2D eigenvalue weighted by atomic mass is 9.82. The molecule has 0 aliphatic heterocycles. The molecule has 4 heteroatoms. The molecule has 3 aromatic rings. The van der Waals surface area contributed by atoms with Crippen molar-refractivity contribution in [2.75, 3.05) is 0 Å². The van der Waals surface area contributed by atoms with Crippen molar-refractivity contribution in [3.8, 4) is 22.4 Å². The SMILES string of the molecule is Cc1cc(-c2ccc([B]OC(C)(C)C(C)(C)O)cc2)ncc1-c1ccccc1. The second kappa shape index (κ2) is 7.90. The van der Waals surface area contributed by atoms with Gasteiger partial charge in [-0.25, -0.2) is 0 Å². The van der Waals surface area contributed by atoms with E-state index in [9.17, 15) is 5.11 Å². The molecular weight excluding hydrogens is 345 g/mol. The first kappa shape index (κ1) is 20.3. The minimum absolute atomic E-state index is 0.683. The summed E-state index contributed by atoms with van der Waals surface area (Å²) in [5.41, 5.74) is 4.85. The molecular formula is C24H27BNO2. The van der Waals surface area contributed by atoms with Crippen LogP contribution in [0.25, 0.3) is 22.4 Å². The molecule has 143 valence electrons. The van der Waals surface area contributed by atoms with E-state index >= 15 is 0 Å². The molecule has 0 saturated carbocycles. The van der Waals surface area contributed by atoms with Crippen LogP contribution in [0.15, 0.2) is 66.9 Å². The molecule has 0 unspecified atom stereocenters. The number of aryl methyl sites for hydroxylation is 1. The third kappa shape index (κ3) is 4.52. The Morgan fingerprint density at radius 2 is 1.54 bits per heavy atom. The molecule has 3 rings (SSSR count). The van der Waals surface area contributed by atoms with Crippen LogP contribution in [0.3, 0.4) is 0 Å². The van der Waals surface area contributed by atoms with E-state index in [1.165, 1.54) is 11.1 Å². The minimum Gasteiger partial charge on any atom is -0.427 e. The first-order valence-corrected chi connectivity index (χ1v) is 9.53. The van der Waals surface area contributed by atoms with Gasteiger partial charge >= 0.3 is 7.48 Å². The number of hydrogen-bond donors (Lipinski definition) is 1. The number of hydrogen-bond acceptors (Lipinski definition) is 3. The largest absolute Gasteiger partial charge is 0.427 e. The van der Waals surface area contributed by atoms with Crippen LogP contribution >= 0.6 is 0 Å². The molecule has 0 fully saturated rings. The third-order valence-corrected chi connectivity index (χ3v) is 5.37. The summed E-state index contributed by atoms with van der Waals surface area (Å²) < 4.78 is 5.82. The van der Waals surface area contributed by atoms with Crippen LogP contribution in [-0.2, 0) is 4.65 Å². The second-order valence-corrected chi connectivity index (χ2v) is 8.18. The molecule has 0 aliphatic carbocycles. The predicted octanol–water partition coefficient (Wildman–Crippen LogP) is 4.53. The van der Waals surface area contributed by atoms with Crippen molar-refractivity contribution in [3.63, 3.8) is 0 Å². The second-order valence-electron chi connectivity index (χ2n) is 8.18. The summed E-state index contributed by atoms with van der Waals surface area (Å²) in [5.74, 6) is 0. The zero-order valence-corrected chi connectivity index (χ0v) is 17.2. The van der Waals surface area contributed by atoms with Crippen LogP contribution in [0.2, 0.25) is 0 Å². The Kier molecular flexibility index (Phi) is 5.73. The van der Waals surface area contributed by atoms with Crippen LogP contribution in [0.1, 0.15) is 33.3 Å². The Bertz CT molecular complexity index is 929. The van der Waals surface area contributed by atoms with Crippen molar-refractivity contribution in [3.05, 3.63) is 72.4 Å². The molecule has 0 bridgehead atoms. The maximum Gasteiger partial charge on any atom is 0.330 e. The average molecular weight is 372 g/mol. The molecule has 3 nitrogen and oxygen atoms in total. The summed E-state index contributed by atoms with van der Waals surface area (Å²) in [7, 11) is 1.69. The Labute approximate surface area is 168 Å². The van der Waals surface area contributed by atoms with Crippen molar-refractivity contribution in [2.24, 2.45) is 0 Å². The van der Waals surface area contributed by atoms with E-state index in [0.29, 0.717) is 0 Å². The summed E-state index contributed by atoms with van der Waals surface area (Å²) >= 11 is 0. The van der Waals surface area contributed by atoms with E-state index < -0.39 is 11.2 Å². The zero-order chi connectivity index (χ0) is 20.4. The molecule has 0 spiro atoms. The van der Waals surface area contributed by atoms with Crippen LogP contribution in [0.4, 0.5) is 0 Å². The van der Waals surface area contributed by atoms with Gasteiger partial charge in [0, 0.05) is 17.3 Å². The fourth-order valence-corrected chi connectivity index (χ4v) is 2.73. The molecule has 28 heavy (non-hydrogen) atoms. The van der Waals surface area contributed by atoms with Crippen molar-refractivity contribution in [2.45, 2.75) is 45.8 Å². The van der Waals surface area contributed by atoms with E-state index in [0.717, 1.165) is 22.3 Å². The number of nitrogens with zero attached hydrogens (tertiary/aromatic N) is 1. The van der Waals surface area contributed by atoms with Crippen molar-refractivity contribution >= 4 is 12.9 Å². The summed E-state index contributed by atoms with van der Waals surface area (Å²) in [6.07, 6.45) is 1.94. The normalized spacial score (nSPS) is 12.1. The smallest absolute Gasteiger partial charge is 0.330 e. The van der Waals surface area contributed by atoms with Gasteiger partial charge in [0.1, 0.15) is 0 Å². The third-order valence-electron chi connectivity index (χ3n) is 5.37. The standard InChI is InChI=1S/C24H27BNO2/c1-17-15-22(26-16-21(17)18-9-7-6-8-10-18)19-11-13-20(14-12-19)25-28-24(4,5)23(2,3)27/h6-16,27H,1-5H3. The monoisotopic (exact) mass is 372 g/mol. The van der Waals surface area contributed by atoms with Crippen molar-refractivity contribution < 1.29 is 9.76 Å². The molecule has 0 amide bonds. The van der Waals surface area contributed by atoms with E-state index in [4.69, 9.17) is 4.65 Å². The van der Waals surface area contributed by atoms with Gasteiger partial charge in [-0.3, -0.25) is 4.98 Å². The van der Waals surface area contributed by atoms with Gasteiger partial charge in [-0.1, -0.05) is 60.1 Å². The fraction of sp³-hybridized carbons (Fsp3) is 0.292. The molecule has 1 radical (unpaired) electrons. The van der Waals surface area contributed by atoms with Crippen molar-refractivity contribution in [1.29, 1.82) is 0 Å². The predicted molar refractivity (Wildman–Crippen MR) is 117 cm³/mol. The lowest BCUT2D eigenvalue weighted by Gasteiger charge is -2.37. The van der Waals surface area contributed by atoms with Gasteiger partial charge in [0.2, 0.25) is 0 Å². The topological polar surface area (TPSA) is 42.4 Å². The number of benzene rings is 2. The van der Waals surface area contributed by atoms with Gasteiger partial charge in [-0.2, -0.15) is 0 Å². The van der Waals surface area contributed by atoms with Crippen molar-refractivity contribution in [1.82, 2.24) is 4.98 Å². The molecule has 1 aromatic heterocycles. The highest BCUT2D eigenvalue weighted by Crippen LogP contribution is 2.26. The highest BCUT2D eigenvalue weighted by atomic mass is 16.5. The summed E-state index contributed by atoms with van der Waals surface area (Å²) in [4.78, 5) is 4.66. The van der Waals surface area contributed by atoms with Gasteiger partial charge in [0.25, 0.3) is 0 Å². The van der Waals surface area contributed by atoms with Gasteiger partial charge in [-0.15, -0.1) is 0 Å². The number of pyridine rings is 1. The molecule has 2 aromatic carbocycles. The van der Waals surface area contributed by atoms with Crippen LogP contribution in [0.5, 0.6) is 0 Å². The first-order valence-electron chi connectivity index (χ1n) is 9.53. The van der Waals surface area contributed by atoms with E-state index in [2.05, 4.69) is 30.1 Å². The Balaban J connectivity index is 1.74. The van der Waals surface area contributed by atoms with Gasteiger partial charge in [-0.05, 0) is 51.8 Å². The minimum atomic E-state index is -0.939. The first-order chi connectivity index (χ1) is 13.2. The summed E-state index contributed by atoms with van der Waals surface area (Å²) in [6, 6.07) is 20.5. The highest BCUT2D eigenvalue weighted by Gasteiger charge is 2.35. The summed E-state index contributed by atoms with van der Waals surface area (Å²) in [5, 5.41) is 10.2. The maximum absolute atomic E-state index is 10.2. The Morgan fingerprint density at radius 1 is 0.893 bits per heavy atom. The van der Waals surface area contributed by atoms with Crippen LogP contribution in [0, 0.1) is 6.92 Å². The number of aliphatic hydroxyl groups is 1. The summed E-state index contributed by atoms with van der Waals surface area (Å²) in [6.45, 7) is 9.36. The van der Waals surface area contributed by atoms with Gasteiger partial charge in [0.15, 0.2) is 0 Å². The molecule has 0 aliphatic rings. The fourth-order valence-electron chi connectivity index (χ4n) is 2.73. The van der Waals surface area contributed by atoms with Gasteiger partial charge in [0.05, 0.1) is 16.9 Å². The highest BCUT2D eigenvalue weighted by molar-refractivity contribution is 6.47. The van der Waals surface area contributed by atoms with Crippen LogP contribution < -0.4 is 5.46 Å². The van der Waals surface area contributed by atoms with E-state index in [1.807, 2.05) is 62.5 Å². The number of rotatable bonds is 6. The molecule has 0 atom stereocenters. The Hall–Kier alpha value is -2.43. The van der Waals surface area contributed by atoms with E-state index in [1.54, 1.807) is 21.3 Å². The lowest BCUT2D eigenvalue weighted by Crippen LogP contribution is -2.49. The zero-order valence-electron chi connectivity index (χ0n) is 17.2. The Morgan fingerprint density at radius 3 is 2.11 bits per heavy atom. The quantitative estimate of drug-likeness (QED) is 0.647. The number of aromatic nitrogens is 1.